The van der Waals surface area contributed by atoms with Gasteiger partial charge in [0.05, 0.1) is 24.7 Å². The number of sulfonamides is 1. The van der Waals surface area contributed by atoms with Gasteiger partial charge < -0.3 is 15.4 Å². The Bertz CT molecular complexity index is 444. The lowest BCUT2D eigenvalue weighted by Gasteiger charge is -2.24. The summed E-state index contributed by atoms with van der Waals surface area (Å²) in [5.41, 5.74) is 0. The molecule has 0 spiro atoms. The zero-order valence-corrected chi connectivity index (χ0v) is 9.61. The van der Waals surface area contributed by atoms with Crippen LogP contribution in [0.25, 0.3) is 0 Å². The van der Waals surface area contributed by atoms with Crippen LogP contribution in [-0.2, 0) is 10.0 Å². The lowest BCUT2D eigenvalue weighted by atomic mass is 10.2. The summed E-state index contributed by atoms with van der Waals surface area (Å²) in [6, 6.07) is -0.437. The summed E-state index contributed by atoms with van der Waals surface area (Å²) in [4.78, 5) is 6.23. The highest BCUT2D eigenvalue weighted by Gasteiger charge is 2.36. The Kier molecular flexibility index (Phi) is 2.98. The molecule has 0 aliphatic carbocycles. The van der Waals surface area contributed by atoms with Crippen LogP contribution < -0.4 is 5.32 Å². The largest absolute Gasteiger partial charge is 0.390 e. The Morgan fingerprint density at radius 2 is 2.31 bits per heavy atom. The van der Waals surface area contributed by atoms with Gasteiger partial charge in [-0.25, -0.2) is 13.4 Å². The number of aliphatic hydroxyl groups is 1. The zero-order valence-electron chi connectivity index (χ0n) is 8.79. The minimum Gasteiger partial charge on any atom is -0.390 e. The molecular formula is C8H14N4O3S. The van der Waals surface area contributed by atoms with E-state index in [4.69, 9.17) is 0 Å². The highest BCUT2D eigenvalue weighted by Crippen LogP contribution is 2.17. The van der Waals surface area contributed by atoms with Crippen LogP contribution in [0.1, 0.15) is 0 Å². The molecule has 16 heavy (non-hydrogen) atoms. The first-order chi connectivity index (χ1) is 7.53. The molecule has 2 rings (SSSR count). The Morgan fingerprint density at radius 1 is 1.56 bits per heavy atom. The van der Waals surface area contributed by atoms with Crippen molar-refractivity contribution in [3.05, 3.63) is 12.5 Å². The summed E-state index contributed by atoms with van der Waals surface area (Å²) in [7, 11) is -2.14. The average molecular weight is 246 g/mol. The quantitative estimate of drug-likeness (QED) is 0.594. The smallest absolute Gasteiger partial charge is 0.260 e. The number of aliphatic hydroxyl groups excluding tert-OH is 1. The molecule has 0 saturated carbocycles. The monoisotopic (exact) mass is 246 g/mol. The number of likely N-dealkylation sites (N-methyl/N-ethyl adjacent to an activating group) is 1. The van der Waals surface area contributed by atoms with Gasteiger partial charge in [-0.1, -0.05) is 0 Å². The van der Waals surface area contributed by atoms with Crippen LogP contribution in [0.4, 0.5) is 0 Å². The number of H-pyrrole nitrogens is 1. The van der Waals surface area contributed by atoms with Gasteiger partial charge in [0.1, 0.15) is 0 Å². The third-order valence-electron chi connectivity index (χ3n) is 2.75. The third kappa shape index (κ3) is 1.84. The molecule has 2 heterocycles. The Morgan fingerprint density at radius 3 is 2.81 bits per heavy atom. The van der Waals surface area contributed by atoms with Crippen LogP contribution in [0, 0.1) is 0 Å². The fourth-order valence-electron chi connectivity index (χ4n) is 1.74. The number of aromatic nitrogens is 2. The number of rotatable bonds is 3. The molecule has 0 unspecified atom stereocenters. The lowest BCUT2D eigenvalue weighted by molar-refractivity contribution is 0.136. The topological polar surface area (TPSA) is 98.3 Å². The van der Waals surface area contributed by atoms with E-state index in [0.717, 1.165) is 0 Å². The van der Waals surface area contributed by atoms with Gasteiger partial charge in [0, 0.05) is 20.1 Å². The van der Waals surface area contributed by atoms with Gasteiger partial charge >= 0.3 is 0 Å². The number of aromatic amines is 1. The van der Waals surface area contributed by atoms with Gasteiger partial charge in [0.15, 0.2) is 5.03 Å². The van der Waals surface area contributed by atoms with E-state index in [9.17, 15) is 13.5 Å². The standard InChI is InChI=1S/C8H14N4O3S/c1-12(6-2-9-3-7(6)13)16(14,15)8-4-10-5-11-8/h4-7,9,13H,2-3H2,1H3,(H,10,11)/t6-,7-/m0/s1. The number of hydrogen-bond donors (Lipinski definition) is 3. The summed E-state index contributed by atoms with van der Waals surface area (Å²) in [5.74, 6) is 0. The maximum absolute atomic E-state index is 12.0. The van der Waals surface area contributed by atoms with Crippen molar-refractivity contribution in [1.29, 1.82) is 0 Å². The summed E-state index contributed by atoms with van der Waals surface area (Å²) < 4.78 is 25.3. The fourth-order valence-corrected chi connectivity index (χ4v) is 3.02. The van der Waals surface area contributed by atoms with E-state index in [1.807, 2.05) is 0 Å². The van der Waals surface area contributed by atoms with Crippen LogP contribution in [0.2, 0.25) is 0 Å². The van der Waals surface area contributed by atoms with Crippen molar-refractivity contribution in [3.8, 4) is 0 Å². The van der Waals surface area contributed by atoms with Crippen LogP contribution in [-0.4, -0.2) is 60.1 Å². The minimum absolute atomic E-state index is 0.0362. The van der Waals surface area contributed by atoms with E-state index in [1.165, 1.54) is 23.9 Å². The van der Waals surface area contributed by atoms with Gasteiger partial charge in [-0.15, -0.1) is 0 Å². The Hall–Kier alpha value is -0.960. The number of imidazole rings is 1. The summed E-state index contributed by atoms with van der Waals surface area (Å²) in [6.07, 6.45) is 1.88. The SMILES string of the molecule is CN([C@H]1CNC[C@@H]1O)S(=O)(=O)c1cnc[nH]1. The van der Waals surface area contributed by atoms with Crippen molar-refractivity contribution in [2.45, 2.75) is 17.2 Å². The van der Waals surface area contributed by atoms with Crippen molar-refractivity contribution in [3.63, 3.8) is 0 Å². The maximum Gasteiger partial charge on any atom is 0.260 e. The summed E-state index contributed by atoms with van der Waals surface area (Å²) >= 11 is 0. The molecular weight excluding hydrogens is 232 g/mol. The maximum atomic E-state index is 12.0. The molecule has 1 aliphatic heterocycles. The first-order valence-corrected chi connectivity index (χ1v) is 6.32. The predicted octanol–water partition coefficient (Wildman–Crippen LogP) is -1.64. The van der Waals surface area contributed by atoms with Gasteiger partial charge in [0.2, 0.25) is 0 Å². The van der Waals surface area contributed by atoms with Gasteiger partial charge in [-0.3, -0.25) is 0 Å². The molecule has 1 saturated heterocycles. The number of hydrogen-bond acceptors (Lipinski definition) is 5. The minimum atomic E-state index is -3.60. The molecule has 1 aliphatic rings. The fraction of sp³-hybridized carbons (Fsp3) is 0.625. The third-order valence-corrected chi connectivity index (χ3v) is 4.56. The molecule has 0 bridgehead atoms. The van der Waals surface area contributed by atoms with Gasteiger partial charge in [-0.05, 0) is 0 Å². The highest BCUT2D eigenvalue weighted by molar-refractivity contribution is 7.89. The van der Waals surface area contributed by atoms with E-state index in [-0.39, 0.29) is 5.03 Å². The molecule has 3 N–H and O–H groups in total. The first kappa shape index (κ1) is 11.5. The molecule has 0 amide bonds. The second-order valence-electron chi connectivity index (χ2n) is 3.73. The van der Waals surface area contributed by atoms with Crippen molar-refractivity contribution in [1.82, 2.24) is 19.6 Å². The van der Waals surface area contributed by atoms with E-state index in [1.54, 1.807) is 0 Å². The number of nitrogens with one attached hydrogen (secondary N) is 2. The molecule has 90 valence electrons. The van der Waals surface area contributed by atoms with E-state index >= 15 is 0 Å². The average Bonchev–Trinajstić information content (AvgIpc) is 2.86. The van der Waals surface area contributed by atoms with Gasteiger partial charge in [0.25, 0.3) is 10.0 Å². The van der Waals surface area contributed by atoms with Crippen molar-refractivity contribution in [2.75, 3.05) is 20.1 Å². The van der Waals surface area contributed by atoms with Crippen molar-refractivity contribution < 1.29 is 13.5 Å². The summed E-state index contributed by atoms with van der Waals surface area (Å²) in [5, 5.41) is 12.6. The van der Waals surface area contributed by atoms with Gasteiger partial charge in [-0.2, -0.15) is 4.31 Å². The molecule has 2 atom stereocenters. The molecule has 7 nitrogen and oxygen atoms in total. The molecule has 1 fully saturated rings. The lowest BCUT2D eigenvalue weighted by Crippen LogP contribution is -2.44. The zero-order chi connectivity index (χ0) is 11.8. The van der Waals surface area contributed by atoms with E-state index in [0.29, 0.717) is 13.1 Å². The number of β-amino-alcohol motifs (C(OH)–C–C–N with tert-alkyl or cyclic N) is 1. The van der Waals surface area contributed by atoms with Crippen molar-refractivity contribution in [2.24, 2.45) is 0 Å². The van der Waals surface area contributed by atoms with E-state index < -0.39 is 22.2 Å². The van der Waals surface area contributed by atoms with Crippen LogP contribution in [0.3, 0.4) is 0 Å². The van der Waals surface area contributed by atoms with E-state index in [2.05, 4.69) is 15.3 Å². The van der Waals surface area contributed by atoms with Crippen LogP contribution in [0.15, 0.2) is 17.6 Å². The molecule has 1 aromatic rings. The second kappa shape index (κ2) is 4.13. The van der Waals surface area contributed by atoms with Crippen LogP contribution >= 0.6 is 0 Å². The second-order valence-corrected chi connectivity index (χ2v) is 5.70. The van der Waals surface area contributed by atoms with Crippen LogP contribution in [0.5, 0.6) is 0 Å². The molecule has 0 radical (unpaired) electrons. The van der Waals surface area contributed by atoms with Crippen molar-refractivity contribution >= 4 is 10.0 Å². The normalized spacial score (nSPS) is 26.4. The molecule has 8 heteroatoms. The summed E-state index contributed by atoms with van der Waals surface area (Å²) in [6.45, 7) is 0.860. The molecule has 0 aromatic carbocycles. The Labute approximate surface area is 93.5 Å². The Balaban J connectivity index is 2.24. The molecule has 1 aromatic heterocycles. The first-order valence-electron chi connectivity index (χ1n) is 4.88. The predicted molar refractivity (Wildman–Crippen MR) is 56.2 cm³/mol. The highest BCUT2D eigenvalue weighted by atomic mass is 32.2. The number of nitrogens with zero attached hydrogens (tertiary/aromatic N) is 2.